The van der Waals surface area contributed by atoms with Crippen molar-refractivity contribution in [3.63, 3.8) is 0 Å². The summed E-state index contributed by atoms with van der Waals surface area (Å²) in [5, 5.41) is 7.77. The molecular weight excluding hydrogens is 544 g/mol. The van der Waals surface area contributed by atoms with Crippen LogP contribution in [0.25, 0.3) is 0 Å². The standard InChI is InChI=1S/C25H26ClFN2O3.C2HF3O2/c1-31-24-15-20(8-11-23(24)32-17-19-4-2-5-22(27)14-19)25(30)29(13-3-12-28)16-18-6-9-21(26)10-7-18;3-2(4,5)1(6)7/h2,4-11,14-15H,3,12-13,16-17,28H2,1H3;(H,6,7). The smallest absolute Gasteiger partial charge is 0.490 e. The average molecular weight is 571 g/mol. The first-order chi connectivity index (χ1) is 18.4. The number of methoxy groups -OCH3 is 1. The molecule has 0 bridgehead atoms. The molecule has 3 aromatic carbocycles. The van der Waals surface area contributed by atoms with Crippen LogP contribution in [0.15, 0.2) is 66.7 Å². The minimum Gasteiger partial charge on any atom is -0.493 e. The number of hydrogen-bond donors (Lipinski definition) is 2. The van der Waals surface area contributed by atoms with Gasteiger partial charge < -0.3 is 25.2 Å². The van der Waals surface area contributed by atoms with E-state index in [-0.39, 0.29) is 18.3 Å². The van der Waals surface area contributed by atoms with Gasteiger partial charge in [0.15, 0.2) is 11.5 Å². The van der Waals surface area contributed by atoms with Gasteiger partial charge in [0, 0.05) is 23.7 Å². The third-order valence-electron chi connectivity index (χ3n) is 5.14. The fourth-order valence-electron chi connectivity index (χ4n) is 3.24. The Kier molecular flexibility index (Phi) is 12.0. The van der Waals surface area contributed by atoms with Crippen molar-refractivity contribution in [2.75, 3.05) is 20.2 Å². The number of carboxylic acids is 1. The second-order valence-corrected chi connectivity index (χ2v) is 8.52. The maximum atomic E-state index is 13.4. The molecule has 3 aromatic rings. The number of hydrogen-bond acceptors (Lipinski definition) is 5. The molecule has 0 aromatic heterocycles. The van der Waals surface area contributed by atoms with Crippen molar-refractivity contribution in [3.8, 4) is 11.5 Å². The number of aliphatic carboxylic acids is 1. The maximum Gasteiger partial charge on any atom is 0.490 e. The molecule has 0 heterocycles. The lowest BCUT2D eigenvalue weighted by molar-refractivity contribution is -0.192. The van der Waals surface area contributed by atoms with E-state index in [0.29, 0.717) is 53.7 Å². The first-order valence-electron chi connectivity index (χ1n) is 11.5. The SMILES string of the molecule is COc1cc(C(=O)N(CCCN)Cc2ccc(Cl)cc2)ccc1OCc1cccc(F)c1.O=C(O)C(F)(F)F. The van der Waals surface area contributed by atoms with Crippen LogP contribution in [0.4, 0.5) is 17.6 Å². The van der Waals surface area contributed by atoms with Crippen LogP contribution < -0.4 is 15.2 Å². The van der Waals surface area contributed by atoms with E-state index in [9.17, 15) is 22.4 Å². The minimum absolute atomic E-state index is 0.136. The van der Waals surface area contributed by atoms with Crippen LogP contribution in [0.2, 0.25) is 5.02 Å². The van der Waals surface area contributed by atoms with Crippen molar-refractivity contribution >= 4 is 23.5 Å². The second kappa shape index (κ2) is 14.9. The number of halogens is 5. The molecule has 1 amide bonds. The first-order valence-corrected chi connectivity index (χ1v) is 11.9. The van der Waals surface area contributed by atoms with Crippen LogP contribution in [-0.4, -0.2) is 48.3 Å². The van der Waals surface area contributed by atoms with Crippen molar-refractivity contribution in [3.05, 3.63) is 94.3 Å². The van der Waals surface area contributed by atoms with Crippen LogP contribution in [0, 0.1) is 5.82 Å². The molecule has 210 valence electrons. The zero-order valence-corrected chi connectivity index (χ0v) is 21.6. The molecule has 0 unspecified atom stereocenters. The largest absolute Gasteiger partial charge is 0.493 e. The summed E-state index contributed by atoms with van der Waals surface area (Å²) >= 11 is 5.97. The normalized spacial score (nSPS) is 10.7. The molecule has 39 heavy (non-hydrogen) atoms. The molecular formula is C27H27ClF4N2O5. The van der Waals surface area contributed by atoms with E-state index in [1.807, 2.05) is 12.1 Å². The summed E-state index contributed by atoms with van der Waals surface area (Å²) in [5.41, 5.74) is 7.82. The van der Waals surface area contributed by atoms with Gasteiger partial charge in [-0.3, -0.25) is 4.79 Å². The topological polar surface area (TPSA) is 102 Å². The third-order valence-corrected chi connectivity index (χ3v) is 5.39. The lowest BCUT2D eigenvalue weighted by Gasteiger charge is -2.23. The number of amides is 1. The lowest BCUT2D eigenvalue weighted by Crippen LogP contribution is -2.32. The van der Waals surface area contributed by atoms with Crippen LogP contribution in [0.5, 0.6) is 11.5 Å². The maximum absolute atomic E-state index is 13.4. The lowest BCUT2D eigenvalue weighted by atomic mass is 10.1. The van der Waals surface area contributed by atoms with Crippen molar-refractivity contribution in [2.45, 2.75) is 25.7 Å². The average Bonchev–Trinajstić information content (AvgIpc) is 2.90. The van der Waals surface area contributed by atoms with Crippen molar-refractivity contribution < 1.29 is 41.7 Å². The van der Waals surface area contributed by atoms with Crippen molar-refractivity contribution in [2.24, 2.45) is 5.73 Å². The van der Waals surface area contributed by atoms with Gasteiger partial charge in [-0.15, -0.1) is 0 Å². The van der Waals surface area contributed by atoms with E-state index < -0.39 is 12.1 Å². The molecule has 0 aliphatic heterocycles. The van der Waals surface area contributed by atoms with E-state index in [4.69, 9.17) is 36.7 Å². The monoisotopic (exact) mass is 570 g/mol. The molecule has 0 radical (unpaired) electrons. The predicted molar refractivity (Wildman–Crippen MR) is 137 cm³/mol. The number of nitrogens with zero attached hydrogens (tertiary/aromatic N) is 1. The highest BCUT2D eigenvalue weighted by atomic mass is 35.5. The highest BCUT2D eigenvalue weighted by Crippen LogP contribution is 2.30. The molecule has 12 heteroatoms. The molecule has 3 N–H and O–H groups in total. The third kappa shape index (κ3) is 10.5. The quantitative estimate of drug-likeness (QED) is 0.304. The molecule has 0 aliphatic carbocycles. The number of carbonyl (C=O) groups excluding carboxylic acids is 1. The zero-order chi connectivity index (χ0) is 29.0. The van der Waals surface area contributed by atoms with Crippen molar-refractivity contribution in [1.82, 2.24) is 4.90 Å². The van der Waals surface area contributed by atoms with Gasteiger partial charge in [-0.25, -0.2) is 9.18 Å². The Morgan fingerprint density at radius 1 is 1.00 bits per heavy atom. The Bertz CT molecular complexity index is 1240. The van der Waals surface area contributed by atoms with Gasteiger partial charge in [0.05, 0.1) is 7.11 Å². The van der Waals surface area contributed by atoms with Gasteiger partial charge in [0.25, 0.3) is 5.91 Å². The fourth-order valence-corrected chi connectivity index (χ4v) is 3.36. The van der Waals surface area contributed by atoms with Gasteiger partial charge in [0.1, 0.15) is 12.4 Å². The van der Waals surface area contributed by atoms with Crippen LogP contribution in [-0.2, 0) is 17.9 Å². The van der Waals surface area contributed by atoms with E-state index >= 15 is 0 Å². The Morgan fingerprint density at radius 2 is 1.67 bits per heavy atom. The zero-order valence-electron chi connectivity index (χ0n) is 20.9. The summed E-state index contributed by atoms with van der Waals surface area (Å²) in [6.07, 6.45) is -4.40. The molecule has 0 saturated carbocycles. The Labute approximate surface area is 227 Å². The van der Waals surface area contributed by atoms with Crippen LogP contribution >= 0.6 is 11.6 Å². The highest BCUT2D eigenvalue weighted by Gasteiger charge is 2.38. The molecule has 0 atom stereocenters. The summed E-state index contributed by atoms with van der Waals surface area (Å²) in [6, 6.07) is 18.6. The Balaban J connectivity index is 0.000000673. The second-order valence-electron chi connectivity index (χ2n) is 8.08. The summed E-state index contributed by atoms with van der Waals surface area (Å²) in [6.45, 7) is 1.63. The Morgan fingerprint density at radius 3 is 2.23 bits per heavy atom. The van der Waals surface area contributed by atoms with Gasteiger partial charge >= 0.3 is 12.1 Å². The summed E-state index contributed by atoms with van der Waals surface area (Å²) in [7, 11) is 1.51. The molecule has 0 spiro atoms. The molecule has 0 saturated heterocycles. The first kappa shape index (κ1) is 31.4. The number of ether oxygens (including phenoxy) is 2. The fraction of sp³-hybridized carbons (Fsp3) is 0.259. The van der Waals surface area contributed by atoms with E-state index in [0.717, 1.165) is 5.56 Å². The van der Waals surface area contributed by atoms with Gasteiger partial charge in [-0.1, -0.05) is 35.9 Å². The number of carboxylic acid groups (broad SMARTS) is 1. The van der Waals surface area contributed by atoms with E-state index in [1.54, 1.807) is 47.4 Å². The molecule has 7 nitrogen and oxygen atoms in total. The molecule has 0 fully saturated rings. The number of benzene rings is 3. The Hall–Kier alpha value is -3.83. The van der Waals surface area contributed by atoms with Crippen molar-refractivity contribution in [1.29, 1.82) is 0 Å². The van der Waals surface area contributed by atoms with Crippen LogP contribution in [0.3, 0.4) is 0 Å². The number of nitrogens with two attached hydrogens (primary N) is 1. The number of carbonyl (C=O) groups is 2. The van der Waals surface area contributed by atoms with Gasteiger partial charge in [0.2, 0.25) is 0 Å². The van der Waals surface area contributed by atoms with E-state index in [2.05, 4.69) is 0 Å². The summed E-state index contributed by atoms with van der Waals surface area (Å²) in [5.74, 6) is -2.31. The van der Waals surface area contributed by atoms with Gasteiger partial charge in [-0.2, -0.15) is 13.2 Å². The molecule has 0 aliphatic rings. The summed E-state index contributed by atoms with van der Waals surface area (Å²) in [4.78, 5) is 23.9. The number of rotatable bonds is 10. The predicted octanol–water partition coefficient (Wildman–Crippen LogP) is 5.69. The van der Waals surface area contributed by atoms with Gasteiger partial charge in [-0.05, 0) is 66.6 Å². The van der Waals surface area contributed by atoms with E-state index in [1.165, 1.54) is 19.2 Å². The highest BCUT2D eigenvalue weighted by molar-refractivity contribution is 6.30. The number of alkyl halides is 3. The summed E-state index contributed by atoms with van der Waals surface area (Å²) < 4.78 is 56.3. The van der Waals surface area contributed by atoms with Crippen LogP contribution in [0.1, 0.15) is 27.9 Å². The minimum atomic E-state index is -5.08. The molecule has 3 rings (SSSR count).